The number of methoxy groups -OCH3 is 1. The summed E-state index contributed by atoms with van der Waals surface area (Å²) in [5.74, 6) is 0.437. The van der Waals surface area contributed by atoms with Crippen molar-refractivity contribution in [3.63, 3.8) is 0 Å². The number of carbonyl (C=O) groups is 1. The minimum Gasteiger partial charge on any atom is -0.453 e. The molecule has 1 amide bonds. The molecule has 148 valence electrons. The maximum absolute atomic E-state index is 13.2. The Morgan fingerprint density at radius 3 is 2.41 bits per heavy atom. The number of oxazole rings is 1. The number of hydrogen-bond donors (Lipinski definition) is 0. The van der Waals surface area contributed by atoms with Crippen LogP contribution in [0.1, 0.15) is 26.7 Å². The third kappa shape index (κ3) is 3.63. The van der Waals surface area contributed by atoms with Gasteiger partial charge in [0.25, 0.3) is 0 Å². The van der Waals surface area contributed by atoms with Crippen LogP contribution in [0.25, 0.3) is 11.1 Å². The maximum atomic E-state index is 13.2. The van der Waals surface area contributed by atoms with Crippen LogP contribution in [0.15, 0.2) is 21.4 Å². The molecule has 1 aromatic carbocycles. The summed E-state index contributed by atoms with van der Waals surface area (Å²) >= 11 is 6.25. The highest BCUT2D eigenvalue weighted by molar-refractivity contribution is 7.89. The zero-order chi connectivity index (χ0) is 20.0. The SMILES string of the molecule is COC(=O)N1CCN(S(=O)(=O)c2c(Cl)ccc3nc(C(C)(C)C)oc23)CC1. The third-order valence-electron chi connectivity index (χ3n) is 4.37. The Morgan fingerprint density at radius 1 is 1.22 bits per heavy atom. The lowest BCUT2D eigenvalue weighted by Crippen LogP contribution is -2.50. The van der Waals surface area contributed by atoms with E-state index in [1.807, 2.05) is 20.8 Å². The standard InChI is InChI=1S/C17H22ClN3O5S/c1-17(2,3)15-19-12-6-5-11(18)14(13(12)26-15)27(23,24)21-9-7-20(8-10-21)16(22)25-4/h5-6H,7-10H2,1-4H3. The number of halogens is 1. The molecule has 1 saturated heterocycles. The highest BCUT2D eigenvalue weighted by atomic mass is 35.5. The monoisotopic (exact) mass is 415 g/mol. The Kier molecular flexibility index (Phi) is 5.13. The second kappa shape index (κ2) is 6.96. The van der Waals surface area contributed by atoms with Crippen molar-refractivity contribution in [1.29, 1.82) is 0 Å². The fraction of sp³-hybridized carbons (Fsp3) is 0.529. The molecule has 0 N–H and O–H groups in total. The van der Waals surface area contributed by atoms with Crippen LogP contribution in [-0.4, -0.2) is 62.0 Å². The minimum absolute atomic E-state index is 0.0782. The van der Waals surface area contributed by atoms with Crippen LogP contribution in [0.5, 0.6) is 0 Å². The van der Waals surface area contributed by atoms with E-state index in [2.05, 4.69) is 9.72 Å². The average Bonchev–Trinajstić information content (AvgIpc) is 3.05. The highest BCUT2D eigenvalue weighted by Gasteiger charge is 2.35. The lowest BCUT2D eigenvalue weighted by molar-refractivity contribution is 0.108. The number of hydrogen-bond acceptors (Lipinski definition) is 6. The van der Waals surface area contributed by atoms with E-state index in [1.54, 1.807) is 6.07 Å². The molecular formula is C17H22ClN3O5S. The summed E-state index contributed by atoms with van der Waals surface area (Å²) in [4.78, 5) is 17.4. The van der Waals surface area contributed by atoms with Gasteiger partial charge in [-0.15, -0.1) is 0 Å². The van der Waals surface area contributed by atoms with Gasteiger partial charge in [0.15, 0.2) is 5.58 Å². The molecule has 0 atom stereocenters. The fourth-order valence-corrected chi connectivity index (χ4v) is 4.91. The Hall–Kier alpha value is -1.84. The van der Waals surface area contributed by atoms with Gasteiger partial charge in [-0.05, 0) is 12.1 Å². The molecule has 1 fully saturated rings. The van der Waals surface area contributed by atoms with Crippen LogP contribution >= 0.6 is 11.6 Å². The van der Waals surface area contributed by atoms with E-state index in [0.29, 0.717) is 11.4 Å². The predicted octanol–water partition coefficient (Wildman–Crippen LogP) is 2.85. The van der Waals surface area contributed by atoms with Crippen molar-refractivity contribution in [3.05, 3.63) is 23.0 Å². The van der Waals surface area contributed by atoms with Gasteiger partial charge in [0.2, 0.25) is 15.9 Å². The van der Waals surface area contributed by atoms with Crippen molar-refractivity contribution >= 4 is 38.8 Å². The van der Waals surface area contributed by atoms with Crippen molar-refractivity contribution in [2.45, 2.75) is 31.1 Å². The number of sulfonamides is 1. The number of rotatable bonds is 2. The first kappa shape index (κ1) is 19.9. The van der Waals surface area contributed by atoms with E-state index in [-0.39, 0.29) is 47.1 Å². The maximum Gasteiger partial charge on any atom is 0.409 e. The number of aromatic nitrogens is 1. The normalized spacial score (nSPS) is 16.7. The Labute approximate surface area is 163 Å². The number of amides is 1. The third-order valence-corrected chi connectivity index (χ3v) is 6.77. The van der Waals surface area contributed by atoms with Crippen LogP contribution in [0.4, 0.5) is 4.79 Å². The minimum atomic E-state index is -3.92. The molecule has 2 aromatic rings. The molecule has 1 aromatic heterocycles. The van der Waals surface area contributed by atoms with Gasteiger partial charge in [0.05, 0.1) is 12.1 Å². The Bertz CT molecular complexity index is 972. The van der Waals surface area contributed by atoms with Gasteiger partial charge >= 0.3 is 6.09 Å². The molecule has 1 aliphatic rings. The molecule has 0 bridgehead atoms. The van der Waals surface area contributed by atoms with Gasteiger partial charge in [-0.3, -0.25) is 0 Å². The Balaban J connectivity index is 2.00. The highest BCUT2D eigenvalue weighted by Crippen LogP contribution is 2.35. The molecule has 0 saturated carbocycles. The first-order valence-corrected chi connectivity index (χ1v) is 10.3. The molecule has 0 unspecified atom stereocenters. The van der Waals surface area contributed by atoms with E-state index < -0.39 is 16.1 Å². The van der Waals surface area contributed by atoms with Crippen molar-refractivity contribution < 1.29 is 22.4 Å². The second-order valence-electron chi connectivity index (χ2n) is 7.35. The molecule has 1 aliphatic heterocycles. The first-order valence-electron chi connectivity index (χ1n) is 8.48. The summed E-state index contributed by atoms with van der Waals surface area (Å²) in [5.41, 5.74) is 0.220. The van der Waals surface area contributed by atoms with E-state index in [9.17, 15) is 13.2 Å². The summed E-state index contributed by atoms with van der Waals surface area (Å²) in [7, 11) is -2.62. The molecule has 0 spiro atoms. The second-order valence-corrected chi connectivity index (χ2v) is 9.64. The lowest BCUT2D eigenvalue weighted by Gasteiger charge is -2.33. The van der Waals surface area contributed by atoms with Crippen molar-refractivity contribution in [2.75, 3.05) is 33.3 Å². The number of benzene rings is 1. The molecule has 3 rings (SSSR count). The summed E-state index contributed by atoms with van der Waals surface area (Å²) in [6.45, 7) is 6.56. The van der Waals surface area contributed by atoms with Gasteiger partial charge in [-0.1, -0.05) is 32.4 Å². The van der Waals surface area contributed by atoms with Gasteiger partial charge in [0, 0.05) is 31.6 Å². The van der Waals surface area contributed by atoms with Crippen LogP contribution < -0.4 is 0 Å². The van der Waals surface area contributed by atoms with Crippen molar-refractivity contribution in [3.8, 4) is 0 Å². The van der Waals surface area contributed by atoms with Crippen LogP contribution in [0.2, 0.25) is 5.02 Å². The molecule has 8 nitrogen and oxygen atoms in total. The van der Waals surface area contributed by atoms with Crippen molar-refractivity contribution in [1.82, 2.24) is 14.2 Å². The fourth-order valence-electron chi connectivity index (χ4n) is 2.87. The number of fused-ring (bicyclic) bond motifs is 1. The Morgan fingerprint density at radius 2 is 1.85 bits per heavy atom. The lowest BCUT2D eigenvalue weighted by atomic mass is 9.97. The van der Waals surface area contributed by atoms with Crippen LogP contribution in [0, 0.1) is 0 Å². The van der Waals surface area contributed by atoms with Gasteiger partial charge < -0.3 is 14.1 Å². The zero-order valence-corrected chi connectivity index (χ0v) is 17.2. The van der Waals surface area contributed by atoms with E-state index >= 15 is 0 Å². The number of carbonyl (C=O) groups excluding carboxylic acids is 1. The topological polar surface area (TPSA) is 93.0 Å². The largest absolute Gasteiger partial charge is 0.453 e. The smallest absolute Gasteiger partial charge is 0.409 e. The van der Waals surface area contributed by atoms with Crippen LogP contribution in [0.3, 0.4) is 0 Å². The quantitative estimate of drug-likeness (QED) is 0.748. The molecule has 0 aliphatic carbocycles. The molecule has 10 heteroatoms. The van der Waals surface area contributed by atoms with Gasteiger partial charge in [0.1, 0.15) is 10.4 Å². The van der Waals surface area contributed by atoms with E-state index in [1.165, 1.54) is 22.4 Å². The summed E-state index contributed by atoms with van der Waals surface area (Å²) < 4.78 is 38.3. The van der Waals surface area contributed by atoms with E-state index in [0.717, 1.165) is 0 Å². The molecule has 2 heterocycles. The summed E-state index contributed by atoms with van der Waals surface area (Å²) in [6.07, 6.45) is -0.475. The number of ether oxygens (including phenoxy) is 1. The first-order chi connectivity index (χ1) is 12.6. The molecule has 27 heavy (non-hydrogen) atoms. The summed E-state index contributed by atoms with van der Waals surface area (Å²) in [5, 5.41) is 0.0782. The number of piperazine rings is 1. The van der Waals surface area contributed by atoms with Crippen LogP contribution in [-0.2, 0) is 20.2 Å². The van der Waals surface area contributed by atoms with Gasteiger partial charge in [-0.25, -0.2) is 18.2 Å². The molecular weight excluding hydrogens is 394 g/mol. The van der Waals surface area contributed by atoms with Gasteiger partial charge in [-0.2, -0.15) is 4.31 Å². The average molecular weight is 416 g/mol. The summed E-state index contributed by atoms with van der Waals surface area (Å²) in [6, 6.07) is 3.15. The predicted molar refractivity (Wildman–Crippen MR) is 100 cm³/mol. The van der Waals surface area contributed by atoms with E-state index in [4.69, 9.17) is 16.0 Å². The molecule has 0 radical (unpaired) electrons. The number of nitrogens with zero attached hydrogens (tertiary/aromatic N) is 3. The van der Waals surface area contributed by atoms with Crippen molar-refractivity contribution in [2.24, 2.45) is 0 Å². The zero-order valence-electron chi connectivity index (χ0n) is 15.7.